The summed E-state index contributed by atoms with van der Waals surface area (Å²) in [6.45, 7) is 4.37. The zero-order valence-electron chi connectivity index (χ0n) is 10.6. The number of benzene rings is 1. The fourth-order valence-corrected chi connectivity index (χ4v) is 2.67. The molecule has 1 saturated heterocycles. The molecule has 0 aromatic heterocycles. The molecule has 0 bridgehead atoms. The number of phenolic OH excluding ortho intramolecular Hbond substituents is 1. The van der Waals surface area contributed by atoms with Gasteiger partial charge in [-0.05, 0) is 43.8 Å². The summed E-state index contributed by atoms with van der Waals surface area (Å²) in [5.74, 6) is 1.91. The van der Waals surface area contributed by atoms with Crippen LogP contribution in [0, 0.1) is 5.92 Å². The smallest absolute Gasteiger partial charge is 0.161 e. The first-order chi connectivity index (χ1) is 8.24. The van der Waals surface area contributed by atoms with Crippen molar-refractivity contribution < 1.29 is 9.84 Å². The molecule has 1 unspecified atom stereocenters. The highest BCUT2D eigenvalue weighted by Crippen LogP contribution is 2.39. The van der Waals surface area contributed by atoms with Gasteiger partial charge in [-0.25, -0.2) is 0 Å². The van der Waals surface area contributed by atoms with E-state index in [9.17, 15) is 5.11 Å². The third kappa shape index (κ3) is 2.55. The summed E-state index contributed by atoms with van der Waals surface area (Å²) in [4.78, 5) is 0. The van der Waals surface area contributed by atoms with Crippen molar-refractivity contribution >= 4 is 0 Å². The number of rotatable bonds is 3. The average molecular weight is 235 g/mol. The molecule has 0 spiro atoms. The number of hydrogen-bond acceptors (Lipinski definition) is 3. The maximum absolute atomic E-state index is 10.1. The van der Waals surface area contributed by atoms with Crippen LogP contribution in [0.15, 0.2) is 18.2 Å². The molecule has 0 radical (unpaired) electrons. The minimum Gasteiger partial charge on any atom is -0.504 e. The molecule has 1 aliphatic rings. The van der Waals surface area contributed by atoms with E-state index in [2.05, 4.69) is 12.2 Å². The van der Waals surface area contributed by atoms with Gasteiger partial charge in [0.1, 0.15) is 0 Å². The maximum Gasteiger partial charge on any atom is 0.161 e. The van der Waals surface area contributed by atoms with Crippen molar-refractivity contribution in [2.24, 2.45) is 5.92 Å². The third-order valence-electron chi connectivity index (χ3n) is 3.83. The molecular weight excluding hydrogens is 214 g/mol. The zero-order valence-corrected chi connectivity index (χ0v) is 10.6. The van der Waals surface area contributed by atoms with Gasteiger partial charge in [-0.2, -0.15) is 0 Å². The topological polar surface area (TPSA) is 41.5 Å². The molecule has 17 heavy (non-hydrogen) atoms. The average Bonchev–Trinajstić information content (AvgIpc) is 2.39. The summed E-state index contributed by atoms with van der Waals surface area (Å²) in [6.07, 6.45) is 2.36. The Hall–Kier alpha value is -1.22. The molecule has 0 aliphatic carbocycles. The van der Waals surface area contributed by atoms with E-state index in [4.69, 9.17) is 4.74 Å². The van der Waals surface area contributed by atoms with Crippen LogP contribution in [0.4, 0.5) is 0 Å². The van der Waals surface area contributed by atoms with Crippen LogP contribution in [0.2, 0.25) is 0 Å². The molecule has 2 N–H and O–H groups in total. The molecule has 0 amide bonds. The third-order valence-corrected chi connectivity index (χ3v) is 3.83. The van der Waals surface area contributed by atoms with Gasteiger partial charge >= 0.3 is 0 Å². The number of para-hydroxylation sites is 1. The first-order valence-corrected chi connectivity index (χ1v) is 6.30. The van der Waals surface area contributed by atoms with Gasteiger partial charge < -0.3 is 15.2 Å². The Morgan fingerprint density at radius 2 is 2.06 bits per heavy atom. The first-order valence-electron chi connectivity index (χ1n) is 6.30. The molecule has 1 fully saturated rings. The van der Waals surface area contributed by atoms with Crippen LogP contribution in [0.3, 0.4) is 0 Å². The van der Waals surface area contributed by atoms with Crippen molar-refractivity contribution in [3.63, 3.8) is 0 Å². The van der Waals surface area contributed by atoms with Crippen LogP contribution in [0.1, 0.15) is 31.2 Å². The van der Waals surface area contributed by atoms with E-state index >= 15 is 0 Å². The molecule has 1 aromatic rings. The van der Waals surface area contributed by atoms with E-state index < -0.39 is 0 Å². The van der Waals surface area contributed by atoms with Crippen molar-refractivity contribution in [1.82, 2.24) is 5.32 Å². The zero-order chi connectivity index (χ0) is 12.3. The molecule has 2 rings (SSSR count). The molecule has 1 atom stereocenters. The Kier molecular flexibility index (Phi) is 3.89. The molecule has 1 aromatic carbocycles. The Bertz CT molecular complexity index is 372. The monoisotopic (exact) mass is 235 g/mol. The lowest BCUT2D eigenvalue weighted by molar-refractivity contribution is 0.318. The summed E-state index contributed by atoms with van der Waals surface area (Å²) in [7, 11) is 1.59. The number of phenols is 1. The minimum atomic E-state index is 0.307. The van der Waals surface area contributed by atoms with Crippen LogP contribution in [-0.2, 0) is 0 Å². The number of ether oxygens (including phenoxy) is 1. The molecule has 1 aliphatic heterocycles. The van der Waals surface area contributed by atoms with E-state index in [1.165, 1.54) is 12.8 Å². The van der Waals surface area contributed by atoms with Crippen molar-refractivity contribution in [3.05, 3.63) is 23.8 Å². The fourth-order valence-electron chi connectivity index (χ4n) is 2.67. The predicted molar refractivity (Wildman–Crippen MR) is 68.7 cm³/mol. The van der Waals surface area contributed by atoms with E-state index in [-0.39, 0.29) is 0 Å². The van der Waals surface area contributed by atoms with Crippen molar-refractivity contribution in [2.75, 3.05) is 20.2 Å². The lowest BCUT2D eigenvalue weighted by Crippen LogP contribution is -2.30. The second-order valence-corrected chi connectivity index (χ2v) is 4.77. The van der Waals surface area contributed by atoms with Crippen LogP contribution in [0.25, 0.3) is 0 Å². The summed E-state index contributed by atoms with van der Waals surface area (Å²) in [6, 6.07) is 5.75. The summed E-state index contributed by atoms with van der Waals surface area (Å²) < 4.78 is 5.16. The highest BCUT2D eigenvalue weighted by atomic mass is 16.5. The Balaban J connectivity index is 2.20. The molecular formula is C14H21NO2. The number of methoxy groups -OCH3 is 1. The van der Waals surface area contributed by atoms with Crippen molar-refractivity contribution in [2.45, 2.75) is 25.7 Å². The second-order valence-electron chi connectivity index (χ2n) is 4.77. The number of hydrogen-bond donors (Lipinski definition) is 2. The standard InChI is InChI=1S/C14H21NO2/c1-10(11-6-8-15-9-7-11)12-4-3-5-13(17-2)14(12)16/h3-5,10-11,15-16H,6-9H2,1-2H3. The first kappa shape index (κ1) is 12.2. The Morgan fingerprint density at radius 3 is 2.71 bits per heavy atom. The Labute approximate surface area is 103 Å². The fraction of sp³-hybridized carbons (Fsp3) is 0.571. The lowest BCUT2D eigenvalue weighted by atomic mass is 9.81. The molecule has 94 valence electrons. The summed E-state index contributed by atoms with van der Waals surface area (Å²) in [5, 5.41) is 13.5. The van der Waals surface area contributed by atoms with E-state index in [0.29, 0.717) is 23.3 Å². The summed E-state index contributed by atoms with van der Waals surface area (Å²) in [5.41, 5.74) is 1.01. The molecule has 1 heterocycles. The van der Waals surface area contributed by atoms with Crippen molar-refractivity contribution in [3.8, 4) is 11.5 Å². The quantitative estimate of drug-likeness (QED) is 0.845. The van der Waals surface area contributed by atoms with Gasteiger partial charge in [0.05, 0.1) is 7.11 Å². The molecule has 3 nitrogen and oxygen atoms in total. The van der Waals surface area contributed by atoms with Gasteiger partial charge in [0.2, 0.25) is 0 Å². The summed E-state index contributed by atoms with van der Waals surface area (Å²) >= 11 is 0. The van der Waals surface area contributed by atoms with Gasteiger partial charge in [-0.3, -0.25) is 0 Å². The molecule has 3 heteroatoms. The van der Waals surface area contributed by atoms with Crippen LogP contribution in [0.5, 0.6) is 11.5 Å². The number of aromatic hydroxyl groups is 1. The van der Waals surface area contributed by atoms with E-state index in [1.807, 2.05) is 12.1 Å². The highest BCUT2D eigenvalue weighted by molar-refractivity contribution is 5.47. The van der Waals surface area contributed by atoms with Crippen LogP contribution in [-0.4, -0.2) is 25.3 Å². The minimum absolute atomic E-state index is 0.307. The highest BCUT2D eigenvalue weighted by Gasteiger charge is 2.24. The SMILES string of the molecule is COc1cccc(C(C)C2CCNCC2)c1O. The second kappa shape index (κ2) is 5.41. The van der Waals surface area contributed by atoms with Crippen molar-refractivity contribution in [1.29, 1.82) is 0 Å². The molecule has 0 saturated carbocycles. The van der Waals surface area contributed by atoms with E-state index in [0.717, 1.165) is 18.7 Å². The van der Waals surface area contributed by atoms with Gasteiger partial charge in [0, 0.05) is 5.56 Å². The number of piperidine rings is 1. The van der Waals surface area contributed by atoms with Gasteiger partial charge in [-0.1, -0.05) is 19.1 Å². The predicted octanol–water partition coefficient (Wildman–Crippen LogP) is 2.50. The van der Waals surface area contributed by atoms with Gasteiger partial charge in [0.15, 0.2) is 11.5 Å². The Morgan fingerprint density at radius 1 is 1.35 bits per heavy atom. The van der Waals surface area contributed by atoms with Gasteiger partial charge in [0.25, 0.3) is 0 Å². The van der Waals surface area contributed by atoms with Crippen LogP contribution < -0.4 is 10.1 Å². The van der Waals surface area contributed by atoms with E-state index in [1.54, 1.807) is 13.2 Å². The maximum atomic E-state index is 10.1. The normalized spacial score (nSPS) is 18.9. The van der Waals surface area contributed by atoms with Crippen LogP contribution >= 0.6 is 0 Å². The van der Waals surface area contributed by atoms with Gasteiger partial charge in [-0.15, -0.1) is 0 Å². The number of nitrogens with one attached hydrogen (secondary N) is 1. The largest absolute Gasteiger partial charge is 0.504 e. The lowest BCUT2D eigenvalue weighted by Gasteiger charge is -2.29.